The van der Waals surface area contributed by atoms with Crippen LogP contribution in [-0.2, 0) is 0 Å². The number of rotatable bonds is 0. The van der Waals surface area contributed by atoms with Crippen molar-refractivity contribution in [3.8, 4) is 0 Å². The highest BCUT2D eigenvalue weighted by atomic mass is 127. The molecule has 1 rings (SSSR count). The second-order valence-electron chi connectivity index (χ2n) is 2.40. The third-order valence-corrected chi connectivity index (χ3v) is 2.09. The predicted octanol–water partition coefficient (Wildman–Crippen LogP) is 2.99. The first-order valence-corrected chi connectivity index (χ1v) is 3.92. The molecule has 0 N–H and O–H groups in total. The fourth-order valence-electron chi connectivity index (χ4n) is 0.687. The Morgan fingerprint density at radius 1 is 1.78 bits per heavy atom. The van der Waals surface area contributed by atoms with Crippen LogP contribution < -0.4 is 0 Å². The molecule has 0 aliphatic heterocycles. The summed E-state index contributed by atoms with van der Waals surface area (Å²) in [6, 6.07) is 0. The number of alkyl halides is 1. The monoisotopic (exact) mass is 238 g/mol. The Balaban J connectivity index is 2.70. The van der Waals surface area contributed by atoms with E-state index in [2.05, 4.69) is 29.5 Å². The summed E-state index contributed by atoms with van der Waals surface area (Å²) in [6.45, 7) is 2.08. The highest BCUT2D eigenvalue weighted by molar-refractivity contribution is 14.1. The van der Waals surface area contributed by atoms with Crippen LogP contribution in [0.1, 0.15) is 13.3 Å². The van der Waals surface area contributed by atoms with E-state index in [-0.39, 0.29) is 9.25 Å². The van der Waals surface area contributed by atoms with Crippen molar-refractivity contribution in [1.29, 1.82) is 0 Å². The second kappa shape index (κ2) is 2.40. The van der Waals surface area contributed by atoms with Crippen molar-refractivity contribution < 1.29 is 4.39 Å². The molecule has 0 fully saturated rings. The van der Waals surface area contributed by atoms with Gasteiger partial charge in [0, 0.05) is 3.42 Å². The summed E-state index contributed by atoms with van der Waals surface area (Å²) in [5, 5.41) is 0. The molecule has 0 bridgehead atoms. The van der Waals surface area contributed by atoms with E-state index in [1.807, 2.05) is 6.08 Å². The van der Waals surface area contributed by atoms with Crippen LogP contribution in [0.15, 0.2) is 24.1 Å². The van der Waals surface area contributed by atoms with E-state index in [0.29, 0.717) is 0 Å². The molecule has 0 aromatic carbocycles. The minimum absolute atomic E-state index is 0.107. The molecule has 0 aromatic rings. The highest BCUT2D eigenvalue weighted by Crippen LogP contribution is 2.29. The molecule has 0 heterocycles. The molecule has 0 saturated heterocycles. The Morgan fingerprint density at radius 3 is 2.78 bits per heavy atom. The molecule has 1 atom stereocenters. The fraction of sp³-hybridized carbons (Fsp3) is 0.429. The largest absolute Gasteiger partial charge is 0.207 e. The van der Waals surface area contributed by atoms with Gasteiger partial charge in [-0.05, 0) is 25.5 Å². The average Bonchev–Trinajstić information content (AvgIpc) is 1.78. The van der Waals surface area contributed by atoms with E-state index in [0.717, 1.165) is 6.42 Å². The first-order valence-electron chi connectivity index (χ1n) is 2.84. The standard InChI is InChI=1S/C7H8FI/c1-7(9)4-2-6(8)3-5-7/h2-4H,5H2,1H3/t7-/m1/s1. The van der Waals surface area contributed by atoms with Crippen molar-refractivity contribution in [2.75, 3.05) is 0 Å². The van der Waals surface area contributed by atoms with Crippen LogP contribution >= 0.6 is 22.6 Å². The first-order chi connectivity index (χ1) is 4.10. The van der Waals surface area contributed by atoms with Crippen molar-refractivity contribution in [3.05, 3.63) is 24.1 Å². The lowest BCUT2D eigenvalue weighted by Gasteiger charge is -2.17. The Labute approximate surface area is 68.0 Å². The van der Waals surface area contributed by atoms with E-state index in [1.165, 1.54) is 6.08 Å². The molecule has 1 aliphatic rings. The van der Waals surface area contributed by atoms with E-state index in [4.69, 9.17) is 0 Å². The number of hydrogen-bond donors (Lipinski definition) is 0. The molecular weight excluding hydrogens is 230 g/mol. The zero-order valence-electron chi connectivity index (χ0n) is 5.20. The van der Waals surface area contributed by atoms with E-state index < -0.39 is 0 Å². The zero-order chi connectivity index (χ0) is 6.91. The van der Waals surface area contributed by atoms with Gasteiger partial charge in [0.15, 0.2) is 0 Å². The van der Waals surface area contributed by atoms with Gasteiger partial charge in [-0.25, -0.2) is 4.39 Å². The molecule has 0 aromatic heterocycles. The summed E-state index contributed by atoms with van der Waals surface area (Å²) in [5.74, 6) is -0.107. The Hall–Kier alpha value is 0.140. The molecule has 1 aliphatic carbocycles. The molecule has 9 heavy (non-hydrogen) atoms. The average molecular weight is 238 g/mol. The maximum absolute atomic E-state index is 12.3. The van der Waals surface area contributed by atoms with Gasteiger partial charge in [0.05, 0.1) is 0 Å². The number of halogens is 2. The van der Waals surface area contributed by atoms with Crippen molar-refractivity contribution in [2.45, 2.75) is 16.8 Å². The number of allylic oxidation sites excluding steroid dienone is 4. The van der Waals surface area contributed by atoms with Crippen molar-refractivity contribution in [1.82, 2.24) is 0 Å². The lowest BCUT2D eigenvalue weighted by Crippen LogP contribution is -2.11. The minimum Gasteiger partial charge on any atom is -0.207 e. The summed E-state index contributed by atoms with van der Waals surface area (Å²) in [5.41, 5.74) is 0. The minimum atomic E-state index is -0.107. The van der Waals surface area contributed by atoms with Crippen LogP contribution in [0.4, 0.5) is 4.39 Å². The Morgan fingerprint density at radius 2 is 2.44 bits per heavy atom. The molecule has 50 valence electrons. The first kappa shape index (κ1) is 7.25. The molecule has 0 spiro atoms. The Kier molecular flexibility index (Phi) is 1.94. The van der Waals surface area contributed by atoms with E-state index >= 15 is 0 Å². The molecule has 0 unspecified atom stereocenters. The summed E-state index contributed by atoms with van der Waals surface area (Å²) in [6.07, 6.45) is 5.83. The van der Waals surface area contributed by atoms with Crippen molar-refractivity contribution in [3.63, 3.8) is 0 Å². The van der Waals surface area contributed by atoms with Gasteiger partial charge >= 0.3 is 0 Å². The predicted molar refractivity (Wildman–Crippen MR) is 45.4 cm³/mol. The van der Waals surface area contributed by atoms with Crippen molar-refractivity contribution >= 4 is 22.6 Å². The quantitative estimate of drug-likeness (QED) is 0.449. The lowest BCUT2D eigenvalue weighted by molar-refractivity contribution is 0.642. The molecule has 2 heteroatoms. The summed E-state index contributed by atoms with van der Waals surface area (Å²) < 4.78 is 12.4. The third kappa shape index (κ3) is 2.08. The summed E-state index contributed by atoms with van der Waals surface area (Å²) in [7, 11) is 0. The summed E-state index contributed by atoms with van der Waals surface area (Å²) in [4.78, 5) is 0. The third-order valence-electron chi connectivity index (χ3n) is 1.29. The molecule has 0 saturated carbocycles. The second-order valence-corrected chi connectivity index (χ2v) is 4.87. The van der Waals surface area contributed by atoms with E-state index in [1.54, 1.807) is 6.08 Å². The van der Waals surface area contributed by atoms with Gasteiger partial charge in [-0.15, -0.1) is 0 Å². The fourth-order valence-corrected chi connectivity index (χ4v) is 1.09. The SMILES string of the molecule is C[C@@]1(I)C=CC(F)=CC1. The topological polar surface area (TPSA) is 0 Å². The maximum atomic E-state index is 12.3. The van der Waals surface area contributed by atoms with Gasteiger partial charge in [0.25, 0.3) is 0 Å². The molecule has 0 amide bonds. The van der Waals surface area contributed by atoms with Crippen LogP contribution in [0.2, 0.25) is 0 Å². The van der Waals surface area contributed by atoms with Gasteiger partial charge in [0.1, 0.15) is 5.83 Å². The molecular formula is C7H8FI. The van der Waals surface area contributed by atoms with Gasteiger partial charge in [-0.1, -0.05) is 28.7 Å². The van der Waals surface area contributed by atoms with Crippen LogP contribution in [0.5, 0.6) is 0 Å². The Bertz CT molecular complexity index is 168. The normalized spacial score (nSPS) is 34.3. The highest BCUT2D eigenvalue weighted by Gasteiger charge is 2.17. The number of hydrogen-bond acceptors (Lipinski definition) is 0. The van der Waals surface area contributed by atoms with Crippen LogP contribution in [0.25, 0.3) is 0 Å². The van der Waals surface area contributed by atoms with E-state index in [9.17, 15) is 4.39 Å². The lowest BCUT2D eigenvalue weighted by atomic mass is 10.0. The van der Waals surface area contributed by atoms with Crippen LogP contribution in [-0.4, -0.2) is 3.42 Å². The summed E-state index contributed by atoms with van der Waals surface area (Å²) >= 11 is 2.30. The van der Waals surface area contributed by atoms with Crippen molar-refractivity contribution in [2.24, 2.45) is 0 Å². The maximum Gasteiger partial charge on any atom is 0.119 e. The van der Waals surface area contributed by atoms with Gasteiger partial charge in [-0.2, -0.15) is 0 Å². The molecule has 0 nitrogen and oxygen atoms in total. The van der Waals surface area contributed by atoms with Gasteiger partial charge < -0.3 is 0 Å². The van der Waals surface area contributed by atoms with Gasteiger partial charge in [-0.3, -0.25) is 0 Å². The van der Waals surface area contributed by atoms with Crippen LogP contribution in [0.3, 0.4) is 0 Å². The van der Waals surface area contributed by atoms with Gasteiger partial charge in [0.2, 0.25) is 0 Å². The molecule has 0 radical (unpaired) electrons. The van der Waals surface area contributed by atoms with Crippen LogP contribution in [0, 0.1) is 0 Å². The smallest absolute Gasteiger partial charge is 0.119 e. The zero-order valence-corrected chi connectivity index (χ0v) is 7.35.